The molecule has 0 N–H and O–H groups in total. The first-order chi connectivity index (χ1) is 12.9. The van der Waals surface area contributed by atoms with Gasteiger partial charge in [-0.3, -0.25) is 4.79 Å². The van der Waals surface area contributed by atoms with E-state index in [9.17, 15) is 4.79 Å². The Morgan fingerprint density at radius 2 is 1.93 bits per heavy atom. The molecular formula is C20H20BrN3O3. The molecule has 0 aliphatic heterocycles. The van der Waals surface area contributed by atoms with Crippen molar-refractivity contribution in [3.8, 4) is 11.5 Å². The molecule has 0 aliphatic carbocycles. The van der Waals surface area contributed by atoms with Crippen molar-refractivity contribution in [2.45, 2.75) is 19.8 Å². The molecule has 3 aromatic rings. The van der Waals surface area contributed by atoms with Crippen LogP contribution < -0.4 is 15.0 Å². The highest BCUT2D eigenvalue weighted by atomic mass is 79.9. The number of methoxy groups -OCH3 is 2. The Morgan fingerprint density at radius 1 is 1.15 bits per heavy atom. The average molecular weight is 430 g/mol. The number of hydrogen-bond acceptors (Lipinski definition) is 5. The summed E-state index contributed by atoms with van der Waals surface area (Å²) in [6, 6.07) is 10.9. The molecule has 3 rings (SSSR count). The Labute approximate surface area is 165 Å². The average Bonchev–Trinajstić information content (AvgIpc) is 2.67. The Bertz CT molecular complexity index is 1070. The molecule has 7 heteroatoms. The first-order valence-electron chi connectivity index (χ1n) is 8.43. The molecule has 0 saturated carbocycles. The van der Waals surface area contributed by atoms with E-state index >= 15 is 0 Å². The second-order valence-corrected chi connectivity index (χ2v) is 7.17. The fourth-order valence-corrected chi connectivity index (χ4v) is 3.06. The first kappa shape index (κ1) is 19.1. The highest BCUT2D eigenvalue weighted by molar-refractivity contribution is 9.10. The Morgan fingerprint density at radius 3 is 2.59 bits per heavy atom. The number of halogens is 1. The lowest BCUT2D eigenvalue weighted by molar-refractivity contribution is 0.394. The summed E-state index contributed by atoms with van der Waals surface area (Å²) >= 11 is 3.40. The highest BCUT2D eigenvalue weighted by Gasteiger charge is 2.14. The summed E-state index contributed by atoms with van der Waals surface area (Å²) in [6.07, 6.45) is 1.59. The SMILES string of the molecule is COc1ccc(C=Nn2c(C(C)C)nc3ccc(Br)cc3c2=O)c(OC)c1. The lowest BCUT2D eigenvalue weighted by Gasteiger charge is -2.12. The van der Waals surface area contributed by atoms with Gasteiger partial charge in [-0.2, -0.15) is 9.78 Å². The Kier molecular flexibility index (Phi) is 5.60. The molecule has 0 saturated heterocycles. The van der Waals surface area contributed by atoms with Crippen LogP contribution in [-0.2, 0) is 0 Å². The minimum atomic E-state index is -0.214. The minimum absolute atomic E-state index is 0.0284. The Hall–Kier alpha value is -2.67. The highest BCUT2D eigenvalue weighted by Crippen LogP contribution is 2.23. The molecule has 0 fully saturated rings. The van der Waals surface area contributed by atoms with Gasteiger partial charge in [0.15, 0.2) is 0 Å². The van der Waals surface area contributed by atoms with Crippen LogP contribution in [0.25, 0.3) is 10.9 Å². The second-order valence-electron chi connectivity index (χ2n) is 6.26. The van der Waals surface area contributed by atoms with Crippen LogP contribution in [0.15, 0.2) is 50.8 Å². The normalized spacial score (nSPS) is 11.5. The smallest absolute Gasteiger partial charge is 0.282 e. The van der Waals surface area contributed by atoms with Gasteiger partial charge >= 0.3 is 0 Å². The molecule has 27 heavy (non-hydrogen) atoms. The topological polar surface area (TPSA) is 65.7 Å². The van der Waals surface area contributed by atoms with E-state index in [1.807, 2.05) is 38.1 Å². The predicted octanol–water partition coefficient (Wildman–Crippen LogP) is 4.18. The van der Waals surface area contributed by atoms with Gasteiger partial charge in [-0.15, -0.1) is 0 Å². The van der Waals surface area contributed by atoms with Gasteiger partial charge in [-0.1, -0.05) is 29.8 Å². The molecule has 0 spiro atoms. The summed E-state index contributed by atoms with van der Waals surface area (Å²) in [4.78, 5) is 17.7. The van der Waals surface area contributed by atoms with E-state index in [0.717, 1.165) is 10.0 Å². The number of benzene rings is 2. The van der Waals surface area contributed by atoms with E-state index in [0.29, 0.717) is 28.2 Å². The molecule has 2 aromatic carbocycles. The third-order valence-electron chi connectivity index (χ3n) is 4.10. The fourth-order valence-electron chi connectivity index (χ4n) is 2.70. The maximum absolute atomic E-state index is 13.0. The zero-order chi connectivity index (χ0) is 19.6. The van der Waals surface area contributed by atoms with Crippen molar-refractivity contribution in [2.75, 3.05) is 14.2 Å². The third kappa shape index (κ3) is 3.88. The van der Waals surface area contributed by atoms with Crippen LogP contribution >= 0.6 is 15.9 Å². The zero-order valence-corrected chi connectivity index (χ0v) is 17.1. The maximum atomic E-state index is 13.0. The van der Waals surface area contributed by atoms with Crippen molar-refractivity contribution in [3.05, 3.63) is 62.6 Å². The molecule has 0 aliphatic rings. The molecule has 0 amide bonds. The number of ether oxygens (including phenoxy) is 2. The van der Waals surface area contributed by atoms with Crippen LogP contribution in [0.2, 0.25) is 0 Å². The van der Waals surface area contributed by atoms with Gasteiger partial charge in [0.1, 0.15) is 17.3 Å². The molecule has 140 valence electrons. The molecule has 0 atom stereocenters. The van der Waals surface area contributed by atoms with Crippen molar-refractivity contribution < 1.29 is 9.47 Å². The monoisotopic (exact) mass is 429 g/mol. The van der Waals surface area contributed by atoms with Crippen LogP contribution in [0.5, 0.6) is 11.5 Å². The van der Waals surface area contributed by atoms with Gasteiger partial charge in [0, 0.05) is 22.0 Å². The molecule has 0 bridgehead atoms. The van der Waals surface area contributed by atoms with Gasteiger partial charge in [-0.05, 0) is 30.3 Å². The van der Waals surface area contributed by atoms with Crippen LogP contribution in [-0.4, -0.2) is 30.1 Å². The molecule has 1 aromatic heterocycles. The van der Waals surface area contributed by atoms with Crippen molar-refractivity contribution in [3.63, 3.8) is 0 Å². The van der Waals surface area contributed by atoms with Crippen molar-refractivity contribution in [1.29, 1.82) is 0 Å². The van der Waals surface area contributed by atoms with Gasteiger partial charge in [-0.25, -0.2) is 4.98 Å². The summed E-state index contributed by atoms with van der Waals surface area (Å²) in [5.74, 6) is 1.91. The van der Waals surface area contributed by atoms with Crippen LogP contribution in [0, 0.1) is 0 Å². The summed E-state index contributed by atoms with van der Waals surface area (Å²) in [5.41, 5.74) is 1.17. The summed E-state index contributed by atoms with van der Waals surface area (Å²) < 4.78 is 12.8. The summed E-state index contributed by atoms with van der Waals surface area (Å²) in [6.45, 7) is 3.96. The van der Waals surface area contributed by atoms with Crippen LogP contribution in [0.1, 0.15) is 31.2 Å². The van der Waals surface area contributed by atoms with E-state index in [1.165, 1.54) is 4.68 Å². The fraction of sp³-hybridized carbons (Fsp3) is 0.250. The number of aromatic nitrogens is 2. The quantitative estimate of drug-likeness (QED) is 0.570. The van der Waals surface area contributed by atoms with E-state index in [1.54, 1.807) is 32.6 Å². The molecule has 6 nitrogen and oxygen atoms in total. The number of fused-ring (bicyclic) bond motifs is 1. The predicted molar refractivity (Wildman–Crippen MR) is 110 cm³/mol. The van der Waals surface area contributed by atoms with E-state index in [-0.39, 0.29) is 11.5 Å². The second kappa shape index (κ2) is 7.92. The number of rotatable bonds is 5. The van der Waals surface area contributed by atoms with Crippen LogP contribution in [0.3, 0.4) is 0 Å². The van der Waals surface area contributed by atoms with Gasteiger partial charge < -0.3 is 9.47 Å². The van der Waals surface area contributed by atoms with Gasteiger partial charge in [0.2, 0.25) is 0 Å². The number of hydrogen-bond donors (Lipinski definition) is 0. The van der Waals surface area contributed by atoms with E-state index < -0.39 is 0 Å². The standard InChI is InChI=1S/C20H20BrN3O3/c1-12(2)19-23-17-8-6-14(21)9-16(17)20(25)24(19)22-11-13-5-7-15(26-3)10-18(13)27-4/h5-12H,1-4H3. The van der Waals surface area contributed by atoms with Crippen molar-refractivity contribution in [2.24, 2.45) is 5.10 Å². The molecular weight excluding hydrogens is 410 g/mol. The van der Waals surface area contributed by atoms with Gasteiger partial charge in [0.25, 0.3) is 5.56 Å². The van der Waals surface area contributed by atoms with Crippen molar-refractivity contribution >= 4 is 33.0 Å². The molecule has 1 heterocycles. The van der Waals surface area contributed by atoms with Gasteiger partial charge in [0.05, 0.1) is 31.3 Å². The largest absolute Gasteiger partial charge is 0.497 e. The Balaban J connectivity index is 2.16. The maximum Gasteiger partial charge on any atom is 0.282 e. The number of nitrogens with zero attached hydrogens (tertiary/aromatic N) is 3. The van der Waals surface area contributed by atoms with Crippen molar-refractivity contribution in [1.82, 2.24) is 9.66 Å². The summed E-state index contributed by atoms with van der Waals surface area (Å²) in [7, 11) is 3.17. The third-order valence-corrected chi connectivity index (χ3v) is 4.60. The molecule has 0 radical (unpaired) electrons. The molecule has 0 unspecified atom stereocenters. The zero-order valence-electron chi connectivity index (χ0n) is 15.6. The van der Waals surface area contributed by atoms with E-state index in [2.05, 4.69) is 26.0 Å². The lowest BCUT2D eigenvalue weighted by Crippen LogP contribution is -2.23. The summed E-state index contributed by atoms with van der Waals surface area (Å²) in [5, 5.41) is 4.93. The minimum Gasteiger partial charge on any atom is -0.497 e. The van der Waals surface area contributed by atoms with Crippen LogP contribution in [0.4, 0.5) is 0 Å². The first-order valence-corrected chi connectivity index (χ1v) is 9.22. The lowest BCUT2D eigenvalue weighted by atomic mass is 10.2. The van der Waals surface area contributed by atoms with E-state index in [4.69, 9.17) is 9.47 Å².